The van der Waals surface area contributed by atoms with Gasteiger partial charge in [0.1, 0.15) is 0 Å². The first-order chi connectivity index (χ1) is 12.1. The summed E-state index contributed by atoms with van der Waals surface area (Å²) >= 11 is 0. The smallest absolute Gasteiger partial charge is 0.226 e. The predicted octanol–water partition coefficient (Wildman–Crippen LogP) is 0.832. The molecule has 0 bridgehead atoms. The van der Waals surface area contributed by atoms with E-state index in [1.165, 1.54) is 0 Å². The van der Waals surface area contributed by atoms with Gasteiger partial charge in [0.15, 0.2) is 11.8 Å². The van der Waals surface area contributed by atoms with E-state index in [2.05, 4.69) is 44.5 Å². The van der Waals surface area contributed by atoms with Crippen LogP contribution < -0.4 is 10.6 Å². The molecule has 0 saturated carbocycles. The maximum Gasteiger partial charge on any atom is 0.226 e. The van der Waals surface area contributed by atoms with E-state index in [1.54, 1.807) is 7.05 Å². The van der Waals surface area contributed by atoms with Crippen LogP contribution in [-0.2, 0) is 11.2 Å². The Balaban J connectivity index is 1.62. The minimum absolute atomic E-state index is 0.201. The van der Waals surface area contributed by atoms with Crippen molar-refractivity contribution < 1.29 is 9.26 Å². The van der Waals surface area contributed by atoms with Crippen LogP contribution in [0.3, 0.4) is 0 Å². The van der Waals surface area contributed by atoms with Gasteiger partial charge in [-0.1, -0.05) is 19.0 Å². The quantitative estimate of drug-likeness (QED) is 0.407. The van der Waals surface area contributed by atoms with E-state index in [4.69, 9.17) is 9.26 Å². The molecule has 1 saturated heterocycles. The van der Waals surface area contributed by atoms with Gasteiger partial charge < -0.3 is 19.9 Å². The molecule has 0 aliphatic carbocycles. The van der Waals surface area contributed by atoms with Crippen LogP contribution in [0, 0.1) is 12.8 Å². The van der Waals surface area contributed by atoms with Crippen molar-refractivity contribution in [2.75, 3.05) is 46.4 Å². The number of ether oxygens (including phenoxy) is 1. The molecular weight excluding hydrogens is 320 g/mol. The number of hydrogen-bond donors (Lipinski definition) is 2. The summed E-state index contributed by atoms with van der Waals surface area (Å²) in [5, 5.41) is 10.5. The molecule has 1 atom stereocenters. The molecule has 1 unspecified atom stereocenters. The van der Waals surface area contributed by atoms with E-state index in [0.29, 0.717) is 17.6 Å². The molecular formula is C17H32N6O2. The molecule has 8 heteroatoms. The van der Waals surface area contributed by atoms with E-state index in [-0.39, 0.29) is 6.10 Å². The molecule has 2 rings (SSSR count). The molecule has 1 aromatic rings. The summed E-state index contributed by atoms with van der Waals surface area (Å²) in [6.07, 6.45) is 1.87. The van der Waals surface area contributed by atoms with E-state index < -0.39 is 0 Å². The molecule has 0 radical (unpaired) electrons. The highest BCUT2D eigenvalue weighted by Crippen LogP contribution is 2.07. The van der Waals surface area contributed by atoms with Gasteiger partial charge in [0.25, 0.3) is 0 Å². The third kappa shape index (κ3) is 7.39. The summed E-state index contributed by atoms with van der Waals surface area (Å²) in [5.74, 6) is 2.84. The van der Waals surface area contributed by atoms with Crippen LogP contribution in [0.25, 0.3) is 0 Å². The third-order valence-corrected chi connectivity index (χ3v) is 4.00. The molecule has 0 amide bonds. The predicted molar refractivity (Wildman–Crippen MR) is 97.7 cm³/mol. The summed E-state index contributed by atoms with van der Waals surface area (Å²) in [5.41, 5.74) is 0. The second kappa shape index (κ2) is 10.4. The number of aliphatic imine (C=N–C) groups is 1. The number of nitrogens with one attached hydrogen (secondary N) is 2. The lowest BCUT2D eigenvalue weighted by atomic mass is 10.2. The molecule has 2 N–H and O–H groups in total. The van der Waals surface area contributed by atoms with Crippen LogP contribution >= 0.6 is 0 Å². The average molecular weight is 352 g/mol. The van der Waals surface area contributed by atoms with E-state index in [9.17, 15) is 0 Å². The minimum Gasteiger partial charge on any atom is -0.374 e. The van der Waals surface area contributed by atoms with Crippen LogP contribution in [0.15, 0.2) is 9.52 Å². The summed E-state index contributed by atoms with van der Waals surface area (Å²) in [7, 11) is 1.78. The van der Waals surface area contributed by atoms with Crippen molar-refractivity contribution in [1.82, 2.24) is 25.7 Å². The summed E-state index contributed by atoms with van der Waals surface area (Å²) in [6, 6.07) is 0. The number of hydrogen-bond acceptors (Lipinski definition) is 6. The molecule has 142 valence electrons. The van der Waals surface area contributed by atoms with Crippen LogP contribution in [0.4, 0.5) is 0 Å². The molecule has 0 spiro atoms. The first-order valence-electron chi connectivity index (χ1n) is 9.14. The third-order valence-electron chi connectivity index (χ3n) is 4.00. The first-order valence-corrected chi connectivity index (χ1v) is 9.14. The fraction of sp³-hybridized carbons (Fsp3) is 0.824. The Labute approximate surface area is 150 Å². The van der Waals surface area contributed by atoms with Gasteiger partial charge in [-0.25, -0.2) is 0 Å². The summed E-state index contributed by atoms with van der Waals surface area (Å²) in [4.78, 5) is 10.9. The Morgan fingerprint density at radius 1 is 1.40 bits per heavy atom. The minimum atomic E-state index is 0.201. The van der Waals surface area contributed by atoms with Crippen molar-refractivity contribution in [2.24, 2.45) is 10.9 Å². The first kappa shape index (κ1) is 19.7. The zero-order valence-electron chi connectivity index (χ0n) is 15.9. The zero-order chi connectivity index (χ0) is 18.1. The van der Waals surface area contributed by atoms with Crippen molar-refractivity contribution in [3.05, 3.63) is 11.7 Å². The highest BCUT2D eigenvalue weighted by molar-refractivity contribution is 5.79. The number of nitrogens with zero attached hydrogens (tertiary/aromatic N) is 4. The number of guanidine groups is 1. The Hall–Kier alpha value is -1.67. The van der Waals surface area contributed by atoms with Crippen molar-refractivity contribution in [1.29, 1.82) is 0 Å². The molecule has 1 aromatic heterocycles. The number of morpholine rings is 1. The van der Waals surface area contributed by atoms with Gasteiger partial charge in [0.2, 0.25) is 5.89 Å². The van der Waals surface area contributed by atoms with Crippen molar-refractivity contribution in [3.8, 4) is 0 Å². The fourth-order valence-electron chi connectivity index (χ4n) is 2.91. The molecule has 1 fully saturated rings. The maximum atomic E-state index is 5.86. The van der Waals surface area contributed by atoms with Crippen LogP contribution in [0.1, 0.15) is 32.0 Å². The Kier molecular flexibility index (Phi) is 8.14. The van der Waals surface area contributed by atoms with Gasteiger partial charge in [-0.05, 0) is 19.3 Å². The Morgan fingerprint density at radius 2 is 2.24 bits per heavy atom. The second-order valence-electron chi connectivity index (χ2n) is 6.86. The lowest BCUT2D eigenvalue weighted by molar-refractivity contribution is -0.0284. The highest BCUT2D eigenvalue weighted by Gasteiger charge is 2.21. The van der Waals surface area contributed by atoms with E-state index >= 15 is 0 Å². The molecule has 1 aliphatic rings. The molecule has 2 heterocycles. The highest BCUT2D eigenvalue weighted by atomic mass is 16.5. The Bertz CT molecular complexity index is 531. The normalized spacial score (nSPS) is 19.4. The average Bonchev–Trinajstić information content (AvgIpc) is 2.99. The van der Waals surface area contributed by atoms with Gasteiger partial charge in [-0.15, -0.1) is 0 Å². The van der Waals surface area contributed by atoms with Crippen molar-refractivity contribution >= 4 is 5.96 Å². The maximum absolute atomic E-state index is 5.86. The SMILES string of the molecule is CN=C(NCCCc1nc(C)no1)NCC1CN(CC(C)C)CCO1. The molecule has 1 aliphatic heterocycles. The van der Waals surface area contributed by atoms with Crippen LogP contribution in [-0.4, -0.2) is 73.5 Å². The largest absolute Gasteiger partial charge is 0.374 e. The van der Waals surface area contributed by atoms with Crippen LogP contribution in [0.2, 0.25) is 0 Å². The topological polar surface area (TPSA) is 87.8 Å². The zero-order valence-corrected chi connectivity index (χ0v) is 15.9. The number of aryl methyl sites for hydroxylation is 2. The van der Waals surface area contributed by atoms with Crippen molar-refractivity contribution in [3.63, 3.8) is 0 Å². The van der Waals surface area contributed by atoms with Gasteiger partial charge in [-0.3, -0.25) is 9.89 Å². The second-order valence-corrected chi connectivity index (χ2v) is 6.86. The molecule has 0 aromatic carbocycles. The molecule has 25 heavy (non-hydrogen) atoms. The lowest BCUT2D eigenvalue weighted by Gasteiger charge is -2.34. The van der Waals surface area contributed by atoms with Gasteiger partial charge in [-0.2, -0.15) is 4.98 Å². The monoisotopic (exact) mass is 352 g/mol. The summed E-state index contributed by atoms with van der Waals surface area (Å²) < 4.78 is 11.0. The standard InChI is InChI=1S/C17H32N6O2/c1-13(2)11-23-8-9-24-15(12-23)10-20-17(18-4)19-7-5-6-16-21-14(3)22-25-16/h13,15H,5-12H2,1-4H3,(H2,18,19,20). The van der Waals surface area contributed by atoms with Gasteiger partial charge in [0.05, 0.1) is 12.7 Å². The fourth-order valence-corrected chi connectivity index (χ4v) is 2.91. The number of aromatic nitrogens is 2. The van der Waals surface area contributed by atoms with E-state index in [1.807, 2.05) is 6.92 Å². The van der Waals surface area contributed by atoms with E-state index in [0.717, 1.165) is 58.1 Å². The number of rotatable bonds is 8. The molecule has 8 nitrogen and oxygen atoms in total. The lowest BCUT2D eigenvalue weighted by Crippen LogP contribution is -2.50. The van der Waals surface area contributed by atoms with Gasteiger partial charge in [0, 0.05) is 46.2 Å². The summed E-state index contributed by atoms with van der Waals surface area (Å²) in [6.45, 7) is 11.8. The van der Waals surface area contributed by atoms with Gasteiger partial charge >= 0.3 is 0 Å². The Morgan fingerprint density at radius 3 is 2.92 bits per heavy atom. The van der Waals surface area contributed by atoms with Crippen molar-refractivity contribution in [2.45, 2.75) is 39.7 Å². The van der Waals surface area contributed by atoms with Crippen LogP contribution in [0.5, 0.6) is 0 Å².